The van der Waals surface area contributed by atoms with Crippen LogP contribution in [0.1, 0.15) is 89.9 Å². The average Bonchev–Trinajstić information content (AvgIpc) is 2.50. The van der Waals surface area contributed by atoms with E-state index in [0.717, 1.165) is 6.54 Å². The molecule has 2 nitrogen and oxygen atoms in total. The van der Waals surface area contributed by atoms with Gasteiger partial charge in [0.1, 0.15) is 0 Å². The summed E-state index contributed by atoms with van der Waals surface area (Å²) in [6.45, 7) is 0.948. The molecule has 0 N–H and O–H groups in total. The van der Waals surface area contributed by atoms with Gasteiger partial charge in [0.25, 0.3) is 0 Å². The van der Waals surface area contributed by atoms with Crippen molar-refractivity contribution in [1.82, 2.24) is 0 Å². The van der Waals surface area contributed by atoms with E-state index in [0.29, 0.717) is 6.04 Å². The van der Waals surface area contributed by atoms with E-state index in [4.69, 9.17) is 5.11 Å². The van der Waals surface area contributed by atoms with Gasteiger partial charge in [0.2, 0.25) is 0 Å². The summed E-state index contributed by atoms with van der Waals surface area (Å²) in [6.07, 6.45) is 21.4. The Morgan fingerprint density at radius 2 is 1.45 bits per heavy atom. The lowest BCUT2D eigenvalue weighted by molar-refractivity contribution is 0.511. The lowest BCUT2D eigenvalue weighted by Gasteiger charge is -2.18. The van der Waals surface area contributed by atoms with Crippen molar-refractivity contribution < 1.29 is 0 Å². The van der Waals surface area contributed by atoms with Gasteiger partial charge in [-0.15, -0.1) is 0 Å². The topological polar surface area (TPSA) is 24.7 Å². The van der Waals surface area contributed by atoms with Crippen LogP contribution in [0.3, 0.4) is 0 Å². The van der Waals surface area contributed by atoms with Crippen LogP contribution < -0.4 is 0 Å². The summed E-state index contributed by atoms with van der Waals surface area (Å²) in [7, 11) is 0. The molecule has 1 aliphatic carbocycles. The minimum absolute atomic E-state index is 0.410. The monoisotopic (exact) mass is 276 g/mol. The molecule has 2 rings (SSSR count). The molecule has 0 fully saturated rings. The van der Waals surface area contributed by atoms with Crippen LogP contribution in [-0.4, -0.2) is 12.6 Å². The fourth-order valence-electron chi connectivity index (χ4n) is 3.40. The predicted molar refractivity (Wildman–Crippen MR) is 86.2 cm³/mol. The first-order chi connectivity index (χ1) is 9.97. The van der Waals surface area contributed by atoms with E-state index >= 15 is 0 Å². The second-order valence-electron chi connectivity index (χ2n) is 6.49. The number of rotatable bonds is 1. The summed E-state index contributed by atoms with van der Waals surface area (Å²) in [5, 5.41) is 9.16. The van der Waals surface area contributed by atoms with Crippen molar-refractivity contribution in [1.29, 1.82) is 0 Å². The maximum Gasteiger partial charge on any atom is 0.0917 e. The lowest BCUT2D eigenvalue weighted by atomic mass is 9.93. The zero-order chi connectivity index (χ0) is 13.9. The highest BCUT2D eigenvalue weighted by molar-refractivity contribution is 5.11. The van der Waals surface area contributed by atoms with Crippen molar-refractivity contribution in [3.8, 4) is 0 Å². The Morgan fingerprint density at radius 3 is 2.35 bits per heavy atom. The molecule has 20 heavy (non-hydrogen) atoms. The second kappa shape index (κ2) is 10.1. The molecule has 114 valence electrons. The van der Waals surface area contributed by atoms with Gasteiger partial charge in [-0.25, -0.2) is 0 Å². The van der Waals surface area contributed by atoms with Crippen LogP contribution in [0, 0.1) is 0 Å². The molecular formula is C18H32N2. The summed E-state index contributed by atoms with van der Waals surface area (Å²) in [5.41, 5.74) is 1.61. The molecule has 1 aliphatic heterocycles. The quantitative estimate of drug-likeness (QED) is 0.508. The molecule has 2 aliphatic rings. The summed E-state index contributed by atoms with van der Waals surface area (Å²) >= 11 is 0. The first-order valence-electron chi connectivity index (χ1n) is 9.02. The molecule has 0 radical (unpaired) electrons. The SMILES string of the molecule is C1=C(C2CCCCCCCN=N2)CCCCCCCC1. The lowest BCUT2D eigenvalue weighted by Crippen LogP contribution is -2.10. The molecule has 0 saturated heterocycles. The Kier molecular flexibility index (Phi) is 7.96. The largest absolute Gasteiger partial charge is 0.194 e. The molecular weight excluding hydrogens is 244 g/mol. The average molecular weight is 276 g/mol. The van der Waals surface area contributed by atoms with Gasteiger partial charge in [0, 0.05) is 0 Å². The fourth-order valence-corrected chi connectivity index (χ4v) is 3.40. The zero-order valence-electron chi connectivity index (χ0n) is 13.2. The van der Waals surface area contributed by atoms with E-state index in [1.807, 2.05) is 0 Å². The highest BCUT2D eigenvalue weighted by Crippen LogP contribution is 2.25. The van der Waals surface area contributed by atoms with Crippen molar-refractivity contribution in [3.63, 3.8) is 0 Å². The van der Waals surface area contributed by atoms with Crippen LogP contribution in [0.5, 0.6) is 0 Å². The molecule has 2 heteroatoms. The number of allylic oxidation sites excluding steroid dienone is 1. The van der Waals surface area contributed by atoms with Crippen LogP contribution in [0.4, 0.5) is 0 Å². The van der Waals surface area contributed by atoms with Crippen LogP contribution in [0.25, 0.3) is 0 Å². The third-order valence-electron chi connectivity index (χ3n) is 4.71. The highest BCUT2D eigenvalue weighted by atomic mass is 15.1. The van der Waals surface area contributed by atoms with Gasteiger partial charge in [0.15, 0.2) is 0 Å². The van der Waals surface area contributed by atoms with Gasteiger partial charge in [0.05, 0.1) is 12.6 Å². The van der Waals surface area contributed by atoms with Crippen LogP contribution in [-0.2, 0) is 0 Å². The number of hydrogen-bond donors (Lipinski definition) is 0. The molecule has 0 saturated carbocycles. The molecule has 0 bridgehead atoms. The first-order valence-corrected chi connectivity index (χ1v) is 9.02. The van der Waals surface area contributed by atoms with Crippen molar-refractivity contribution >= 4 is 0 Å². The maximum atomic E-state index is 4.69. The van der Waals surface area contributed by atoms with Gasteiger partial charge < -0.3 is 0 Å². The Morgan fingerprint density at radius 1 is 0.750 bits per heavy atom. The Bertz CT molecular complexity index is 307. The fraction of sp³-hybridized carbons (Fsp3) is 0.889. The van der Waals surface area contributed by atoms with E-state index in [-0.39, 0.29) is 0 Å². The molecule has 0 aromatic heterocycles. The summed E-state index contributed by atoms with van der Waals surface area (Å²) < 4.78 is 0. The summed E-state index contributed by atoms with van der Waals surface area (Å²) in [6, 6.07) is 0.410. The van der Waals surface area contributed by atoms with Gasteiger partial charge in [-0.3, -0.25) is 0 Å². The van der Waals surface area contributed by atoms with Crippen molar-refractivity contribution in [2.24, 2.45) is 10.2 Å². The third kappa shape index (κ3) is 6.19. The molecule has 0 aromatic carbocycles. The summed E-state index contributed by atoms with van der Waals surface area (Å²) in [5.74, 6) is 0. The van der Waals surface area contributed by atoms with Gasteiger partial charge >= 0.3 is 0 Å². The molecule has 0 spiro atoms. The minimum Gasteiger partial charge on any atom is -0.194 e. The Labute approximate surface area is 125 Å². The highest BCUT2D eigenvalue weighted by Gasteiger charge is 2.14. The van der Waals surface area contributed by atoms with E-state index < -0.39 is 0 Å². The van der Waals surface area contributed by atoms with Crippen LogP contribution in [0.2, 0.25) is 0 Å². The smallest absolute Gasteiger partial charge is 0.0917 e. The Balaban J connectivity index is 1.96. The molecule has 1 atom stereocenters. The normalized spacial score (nSPS) is 27.6. The molecule has 1 heterocycles. The van der Waals surface area contributed by atoms with Crippen molar-refractivity contribution in [2.45, 2.75) is 95.9 Å². The van der Waals surface area contributed by atoms with E-state index in [1.54, 1.807) is 5.57 Å². The van der Waals surface area contributed by atoms with Gasteiger partial charge in [-0.1, -0.05) is 57.4 Å². The van der Waals surface area contributed by atoms with E-state index in [2.05, 4.69) is 11.2 Å². The van der Waals surface area contributed by atoms with Gasteiger partial charge in [-0.05, 0) is 44.1 Å². The number of hydrogen-bond acceptors (Lipinski definition) is 2. The predicted octanol–water partition coefficient (Wildman–Crippen LogP) is 6.22. The maximum absolute atomic E-state index is 4.69. The van der Waals surface area contributed by atoms with Gasteiger partial charge in [-0.2, -0.15) is 10.2 Å². The third-order valence-corrected chi connectivity index (χ3v) is 4.71. The molecule has 0 amide bonds. The molecule has 0 aromatic rings. The molecule has 1 unspecified atom stereocenters. The van der Waals surface area contributed by atoms with Crippen LogP contribution in [0.15, 0.2) is 21.9 Å². The standard InChI is InChI=1S/C18H32N2/c1-2-5-9-13-17(14-10-6-3-1)18-15-11-7-4-8-12-16-19-20-18/h13,18H,1-12,14-16H2. The number of nitrogens with zero attached hydrogens (tertiary/aromatic N) is 2. The second-order valence-corrected chi connectivity index (χ2v) is 6.49. The van der Waals surface area contributed by atoms with Crippen LogP contribution >= 0.6 is 0 Å². The zero-order valence-corrected chi connectivity index (χ0v) is 13.2. The van der Waals surface area contributed by atoms with Crippen molar-refractivity contribution in [2.75, 3.05) is 6.54 Å². The number of azo groups is 1. The Hall–Kier alpha value is -0.660. The van der Waals surface area contributed by atoms with E-state index in [1.165, 1.54) is 89.9 Å². The first kappa shape index (κ1) is 15.7. The van der Waals surface area contributed by atoms with Crippen molar-refractivity contribution in [3.05, 3.63) is 11.6 Å². The van der Waals surface area contributed by atoms with E-state index in [9.17, 15) is 0 Å². The summed E-state index contributed by atoms with van der Waals surface area (Å²) in [4.78, 5) is 0. The minimum atomic E-state index is 0.410.